The summed E-state index contributed by atoms with van der Waals surface area (Å²) in [7, 11) is 0. The Morgan fingerprint density at radius 1 is 1.12 bits per heavy atom. The maximum Gasteiger partial charge on any atom is 0.223 e. The van der Waals surface area contributed by atoms with E-state index in [2.05, 4.69) is 42.3 Å². The third kappa shape index (κ3) is 5.29. The molecule has 4 nitrogen and oxygen atoms in total. The van der Waals surface area contributed by atoms with Gasteiger partial charge in [0.05, 0.1) is 6.10 Å². The quantitative estimate of drug-likeness (QED) is 0.864. The average Bonchev–Trinajstić information content (AvgIpc) is 2.99. The van der Waals surface area contributed by atoms with Gasteiger partial charge in [-0.25, -0.2) is 0 Å². The summed E-state index contributed by atoms with van der Waals surface area (Å²) in [6.45, 7) is 8.29. The van der Waals surface area contributed by atoms with Gasteiger partial charge in [0.2, 0.25) is 5.91 Å². The Bertz CT molecular complexity index is 573. The second-order valence-corrected chi connectivity index (χ2v) is 8.14. The number of aliphatic hydroxyl groups excluding tert-OH is 1. The van der Waals surface area contributed by atoms with Crippen molar-refractivity contribution in [2.24, 2.45) is 11.8 Å². The molecule has 0 unspecified atom stereocenters. The summed E-state index contributed by atoms with van der Waals surface area (Å²) in [6.07, 6.45) is 4.16. The number of likely N-dealkylation sites (tertiary alicyclic amines) is 1. The van der Waals surface area contributed by atoms with Crippen LogP contribution in [-0.2, 0) is 11.3 Å². The lowest BCUT2D eigenvalue weighted by Gasteiger charge is -2.25. The SMILES string of the molecule is Cc1cc(C)cc(CN2CC[C@@H](CNC(=O)C3CCC(O)CC3)C2)c1. The summed E-state index contributed by atoms with van der Waals surface area (Å²) in [6, 6.07) is 6.77. The number of benzene rings is 1. The molecule has 2 fully saturated rings. The van der Waals surface area contributed by atoms with Crippen LogP contribution in [0.3, 0.4) is 0 Å². The fourth-order valence-corrected chi connectivity index (χ4v) is 4.37. The summed E-state index contributed by atoms with van der Waals surface area (Å²) in [4.78, 5) is 14.8. The zero-order valence-electron chi connectivity index (χ0n) is 15.6. The van der Waals surface area contributed by atoms with E-state index < -0.39 is 0 Å². The topological polar surface area (TPSA) is 52.6 Å². The van der Waals surface area contributed by atoms with Gasteiger partial charge in [-0.15, -0.1) is 0 Å². The standard InChI is InChI=1S/C21H32N2O2/c1-15-9-16(2)11-18(10-15)14-23-8-7-17(13-23)12-22-21(25)19-3-5-20(24)6-4-19/h9-11,17,19-20,24H,3-8,12-14H2,1-2H3,(H,22,25)/t17-,19?,20?/m0/s1. The number of amides is 1. The normalized spacial score (nSPS) is 27.4. The van der Waals surface area contributed by atoms with Gasteiger partial charge in [0.1, 0.15) is 0 Å². The Kier molecular flexibility index (Phi) is 6.13. The summed E-state index contributed by atoms with van der Waals surface area (Å²) in [5.41, 5.74) is 4.05. The minimum Gasteiger partial charge on any atom is -0.393 e. The van der Waals surface area contributed by atoms with Crippen LogP contribution in [0.15, 0.2) is 18.2 Å². The fraction of sp³-hybridized carbons (Fsp3) is 0.667. The van der Waals surface area contributed by atoms with Crippen LogP contribution in [0.25, 0.3) is 0 Å². The molecule has 3 rings (SSSR count). The lowest BCUT2D eigenvalue weighted by atomic mass is 9.87. The molecular weight excluding hydrogens is 312 g/mol. The van der Waals surface area contributed by atoms with E-state index in [1.165, 1.54) is 16.7 Å². The minimum atomic E-state index is -0.197. The minimum absolute atomic E-state index is 0.108. The van der Waals surface area contributed by atoms with Crippen molar-refractivity contribution >= 4 is 5.91 Å². The number of hydrogen-bond acceptors (Lipinski definition) is 3. The van der Waals surface area contributed by atoms with Crippen LogP contribution >= 0.6 is 0 Å². The van der Waals surface area contributed by atoms with E-state index in [1.807, 2.05) is 0 Å². The van der Waals surface area contributed by atoms with Crippen molar-refractivity contribution < 1.29 is 9.90 Å². The number of aliphatic hydroxyl groups is 1. The van der Waals surface area contributed by atoms with Crippen LogP contribution in [0.1, 0.15) is 48.8 Å². The van der Waals surface area contributed by atoms with Gasteiger partial charge in [-0.3, -0.25) is 9.69 Å². The van der Waals surface area contributed by atoms with Crippen molar-refractivity contribution in [3.05, 3.63) is 34.9 Å². The number of nitrogens with zero attached hydrogens (tertiary/aromatic N) is 1. The lowest BCUT2D eigenvalue weighted by Crippen LogP contribution is -2.37. The molecule has 25 heavy (non-hydrogen) atoms. The second-order valence-electron chi connectivity index (χ2n) is 8.14. The van der Waals surface area contributed by atoms with Crippen LogP contribution in [0.4, 0.5) is 0 Å². The molecule has 0 radical (unpaired) electrons. The van der Waals surface area contributed by atoms with Gasteiger partial charge < -0.3 is 10.4 Å². The van der Waals surface area contributed by atoms with Crippen LogP contribution < -0.4 is 5.32 Å². The van der Waals surface area contributed by atoms with Crippen molar-refractivity contribution in [3.8, 4) is 0 Å². The molecule has 2 N–H and O–H groups in total. The van der Waals surface area contributed by atoms with Gasteiger partial charge in [0, 0.05) is 25.6 Å². The highest BCUT2D eigenvalue weighted by molar-refractivity contribution is 5.78. The molecule has 1 saturated carbocycles. The third-order valence-electron chi connectivity index (χ3n) is 5.69. The Morgan fingerprint density at radius 2 is 1.80 bits per heavy atom. The number of carbonyl (C=O) groups is 1. The van der Waals surface area contributed by atoms with E-state index in [1.54, 1.807) is 0 Å². The van der Waals surface area contributed by atoms with Crippen LogP contribution in [-0.4, -0.2) is 41.7 Å². The predicted octanol–water partition coefficient (Wildman–Crippen LogP) is 2.79. The largest absolute Gasteiger partial charge is 0.393 e. The number of carbonyl (C=O) groups excluding carboxylic acids is 1. The first-order chi connectivity index (χ1) is 12.0. The van der Waals surface area contributed by atoms with Crippen molar-refractivity contribution in [1.29, 1.82) is 0 Å². The molecule has 0 bridgehead atoms. The summed E-state index contributed by atoms with van der Waals surface area (Å²) in [5.74, 6) is 0.861. The molecule has 1 heterocycles. The van der Waals surface area contributed by atoms with Crippen LogP contribution in [0, 0.1) is 25.7 Å². The van der Waals surface area contributed by atoms with E-state index in [0.717, 1.165) is 58.3 Å². The summed E-state index contributed by atoms with van der Waals surface area (Å²) < 4.78 is 0. The molecule has 1 amide bonds. The van der Waals surface area contributed by atoms with E-state index in [0.29, 0.717) is 5.92 Å². The molecule has 1 aliphatic carbocycles. The Labute approximate surface area is 151 Å². The molecule has 1 saturated heterocycles. The molecule has 0 spiro atoms. The van der Waals surface area contributed by atoms with E-state index in [9.17, 15) is 9.90 Å². The van der Waals surface area contributed by atoms with Crippen LogP contribution in [0.5, 0.6) is 0 Å². The van der Waals surface area contributed by atoms with Gasteiger partial charge in [-0.2, -0.15) is 0 Å². The smallest absolute Gasteiger partial charge is 0.223 e. The molecule has 2 aliphatic rings. The van der Waals surface area contributed by atoms with Gasteiger partial charge in [-0.05, 0) is 64.0 Å². The van der Waals surface area contributed by atoms with E-state index in [-0.39, 0.29) is 17.9 Å². The van der Waals surface area contributed by atoms with Crippen molar-refractivity contribution in [1.82, 2.24) is 10.2 Å². The first-order valence-corrected chi connectivity index (χ1v) is 9.75. The maximum absolute atomic E-state index is 12.3. The number of hydrogen-bond donors (Lipinski definition) is 2. The van der Waals surface area contributed by atoms with Gasteiger partial charge in [0.15, 0.2) is 0 Å². The highest BCUT2D eigenvalue weighted by atomic mass is 16.3. The average molecular weight is 344 g/mol. The van der Waals surface area contributed by atoms with Crippen LogP contribution in [0.2, 0.25) is 0 Å². The van der Waals surface area contributed by atoms with Crippen molar-refractivity contribution in [2.45, 2.75) is 58.6 Å². The summed E-state index contributed by atoms with van der Waals surface area (Å²) >= 11 is 0. The molecular formula is C21H32N2O2. The van der Waals surface area contributed by atoms with E-state index >= 15 is 0 Å². The molecule has 1 atom stereocenters. The van der Waals surface area contributed by atoms with Crippen molar-refractivity contribution in [2.75, 3.05) is 19.6 Å². The zero-order valence-corrected chi connectivity index (χ0v) is 15.6. The third-order valence-corrected chi connectivity index (χ3v) is 5.69. The Morgan fingerprint density at radius 3 is 2.48 bits per heavy atom. The number of nitrogens with one attached hydrogen (secondary N) is 1. The predicted molar refractivity (Wildman–Crippen MR) is 100 cm³/mol. The maximum atomic E-state index is 12.3. The molecule has 4 heteroatoms. The first-order valence-electron chi connectivity index (χ1n) is 9.75. The van der Waals surface area contributed by atoms with Gasteiger partial charge >= 0.3 is 0 Å². The number of rotatable bonds is 5. The second kappa shape index (κ2) is 8.33. The monoisotopic (exact) mass is 344 g/mol. The highest BCUT2D eigenvalue weighted by Crippen LogP contribution is 2.25. The number of aryl methyl sites for hydroxylation is 2. The molecule has 1 aromatic rings. The summed E-state index contributed by atoms with van der Waals surface area (Å²) in [5, 5.41) is 12.7. The Hall–Kier alpha value is -1.39. The molecule has 0 aromatic heterocycles. The first kappa shape index (κ1) is 18.4. The molecule has 138 valence electrons. The van der Waals surface area contributed by atoms with E-state index in [4.69, 9.17) is 0 Å². The zero-order chi connectivity index (χ0) is 17.8. The lowest BCUT2D eigenvalue weighted by molar-refractivity contribution is -0.126. The highest BCUT2D eigenvalue weighted by Gasteiger charge is 2.27. The van der Waals surface area contributed by atoms with Gasteiger partial charge in [0.25, 0.3) is 0 Å². The fourth-order valence-electron chi connectivity index (χ4n) is 4.37. The van der Waals surface area contributed by atoms with Crippen molar-refractivity contribution in [3.63, 3.8) is 0 Å². The van der Waals surface area contributed by atoms with Gasteiger partial charge in [-0.1, -0.05) is 29.3 Å². The Balaban J connectivity index is 1.41. The molecule has 1 aliphatic heterocycles. The molecule has 1 aromatic carbocycles.